The average Bonchev–Trinajstić information content (AvgIpc) is 3.35. The number of carbonyl (C=O) groups excluding carboxylic acids is 2. The van der Waals surface area contributed by atoms with Crippen LogP contribution in [0, 0.1) is 17.8 Å². The molecule has 4 aliphatic rings. The van der Waals surface area contributed by atoms with E-state index in [0.717, 1.165) is 69.4 Å². The summed E-state index contributed by atoms with van der Waals surface area (Å²) in [6.07, 6.45) is 20.2. The number of allylic oxidation sites excluding steroid dienone is 7. The number of aliphatic imine (C=N–C) groups is 2. The maximum atomic E-state index is 11.8. The summed E-state index contributed by atoms with van der Waals surface area (Å²) in [5, 5.41) is 0. The molecular formula is C36H53N5O3S. The number of ether oxygens (including phenoxy) is 1. The lowest BCUT2D eigenvalue weighted by Crippen LogP contribution is -2.48. The molecule has 0 saturated carbocycles. The highest BCUT2D eigenvalue weighted by Gasteiger charge is 2.40. The minimum atomic E-state index is -0.345. The normalized spacial score (nSPS) is 28.8. The molecule has 8 nitrogen and oxygen atoms in total. The zero-order chi connectivity index (χ0) is 32.4. The molecule has 0 spiro atoms. The first-order valence-electron chi connectivity index (χ1n) is 16.8. The third kappa shape index (κ3) is 8.47. The summed E-state index contributed by atoms with van der Waals surface area (Å²) in [4.78, 5) is 38.3. The van der Waals surface area contributed by atoms with E-state index in [0.29, 0.717) is 37.4 Å². The first-order chi connectivity index (χ1) is 21.8. The number of carbonyl (C=O) groups is 2. The number of likely N-dealkylation sites (tertiary alicyclic amines) is 1. The number of amidine groups is 2. The first-order valence-corrected chi connectivity index (χ1v) is 17.7. The van der Waals surface area contributed by atoms with Crippen molar-refractivity contribution in [2.24, 2.45) is 27.7 Å². The monoisotopic (exact) mass is 635 g/mol. The number of nitrogens with zero attached hydrogens (tertiary/aromatic N) is 5. The molecule has 0 radical (unpaired) electrons. The van der Waals surface area contributed by atoms with Gasteiger partial charge in [-0.1, -0.05) is 51.2 Å². The lowest BCUT2D eigenvalue weighted by atomic mass is 9.92. The Labute approximate surface area is 275 Å². The van der Waals surface area contributed by atoms with Gasteiger partial charge < -0.3 is 23.5 Å². The molecule has 0 bridgehead atoms. The van der Waals surface area contributed by atoms with Gasteiger partial charge >= 0.3 is 6.02 Å². The molecule has 0 aromatic rings. The highest BCUT2D eigenvalue weighted by Crippen LogP contribution is 2.34. The Morgan fingerprint density at radius 2 is 1.96 bits per heavy atom. The van der Waals surface area contributed by atoms with Crippen LogP contribution < -0.4 is 0 Å². The molecule has 2 fully saturated rings. The Hall–Kier alpha value is -2.91. The topological polar surface area (TPSA) is 77.8 Å². The molecule has 4 atom stereocenters. The fourth-order valence-corrected chi connectivity index (χ4v) is 8.06. The van der Waals surface area contributed by atoms with Crippen molar-refractivity contribution in [2.75, 3.05) is 45.1 Å². The largest absolute Gasteiger partial charge is 0.461 e. The maximum Gasteiger partial charge on any atom is 0.318 e. The SMILES string of the molecule is C/C=C(/C)C1=C(N2CCC=C(N=C(N=C(C)N3CC(C=O)C(C=O)CS3)OCC3(CC)CCCN3CCC)C2)C=CC=CC1C. The van der Waals surface area contributed by atoms with Gasteiger partial charge in [-0.25, -0.2) is 0 Å². The van der Waals surface area contributed by atoms with Crippen LogP contribution in [-0.2, 0) is 14.3 Å². The van der Waals surface area contributed by atoms with E-state index in [1.807, 2.05) is 11.2 Å². The highest BCUT2D eigenvalue weighted by atomic mass is 32.2. The summed E-state index contributed by atoms with van der Waals surface area (Å²) in [5.74, 6) is 0.987. The Kier molecular flexibility index (Phi) is 12.9. The lowest BCUT2D eigenvalue weighted by Gasteiger charge is -2.37. The molecule has 3 heterocycles. The summed E-state index contributed by atoms with van der Waals surface area (Å²) in [7, 11) is 0. The molecule has 2 saturated heterocycles. The fraction of sp³-hybridized carbons (Fsp3) is 0.611. The fourth-order valence-electron chi connectivity index (χ4n) is 6.88. The zero-order valence-corrected chi connectivity index (χ0v) is 29.0. The van der Waals surface area contributed by atoms with E-state index >= 15 is 0 Å². The van der Waals surface area contributed by atoms with Gasteiger partial charge in [0.15, 0.2) is 0 Å². The van der Waals surface area contributed by atoms with Gasteiger partial charge in [-0.2, -0.15) is 9.98 Å². The summed E-state index contributed by atoms with van der Waals surface area (Å²) in [5.41, 5.74) is 4.80. The summed E-state index contributed by atoms with van der Waals surface area (Å²) in [6, 6.07) is 0.364. The number of aldehydes is 2. The van der Waals surface area contributed by atoms with Crippen LogP contribution in [0.25, 0.3) is 0 Å². The molecule has 4 unspecified atom stereocenters. The molecule has 4 rings (SSSR count). The first kappa shape index (κ1) is 35.0. The molecule has 9 heteroatoms. The molecule has 1 aliphatic carbocycles. The molecule has 246 valence electrons. The van der Waals surface area contributed by atoms with Gasteiger partial charge in [0.25, 0.3) is 0 Å². The predicted octanol–water partition coefficient (Wildman–Crippen LogP) is 6.60. The van der Waals surface area contributed by atoms with Crippen LogP contribution in [0.4, 0.5) is 0 Å². The van der Waals surface area contributed by atoms with Gasteiger partial charge in [0, 0.05) is 42.3 Å². The third-order valence-electron chi connectivity index (χ3n) is 9.75. The molecule has 0 amide bonds. The van der Waals surface area contributed by atoms with Gasteiger partial charge in [-0.05, 0) is 95.1 Å². The van der Waals surface area contributed by atoms with E-state index in [9.17, 15) is 9.59 Å². The van der Waals surface area contributed by atoms with Crippen molar-refractivity contribution in [3.05, 3.63) is 59.0 Å². The summed E-state index contributed by atoms with van der Waals surface area (Å²) < 4.78 is 8.62. The van der Waals surface area contributed by atoms with Crippen molar-refractivity contribution in [1.82, 2.24) is 14.1 Å². The van der Waals surface area contributed by atoms with E-state index in [1.54, 1.807) is 0 Å². The molecule has 45 heavy (non-hydrogen) atoms. The van der Waals surface area contributed by atoms with Gasteiger partial charge in [0.2, 0.25) is 0 Å². The smallest absolute Gasteiger partial charge is 0.318 e. The predicted molar refractivity (Wildman–Crippen MR) is 187 cm³/mol. The second-order valence-corrected chi connectivity index (χ2v) is 13.7. The van der Waals surface area contributed by atoms with Crippen molar-refractivity contribution < 1.29 is 14.3 Å². The van der Waals surface area contributed by atoms with Crippen molar-refractivity contribution in [3.8, 4) is 0 Å². The lowest BCUT2D eigenvalue weighted by molar-refractivity contribution is -0.118. The molecular weight excluding hydrogens is 582 g/mol. The maximum absolute atomic E-state index is 11.8. The van der Waals surface area contributed by atoms with Crippen LogP contribution in [0.2, 0.25) is 0 Å². The van der Waals surface area contributed by atoms with Crippen LogP contribution in [0.1, 0.15) is 73.6 Å². The van der Waals surface area contributed by atoms with Gasteiger partial charge in [-0.15, -0.1) is 0 Å². The minimum Gasteiger partial charge on any atom is -0.461 e. The van der Waals surface area contributed by atoms with Crippen molar-refractivity contribution in [1.29, 1.82) is 0 Å². The average molecular weight is 636 g/mol. The molecule has 0 N–H and O–H groups in total. The number of hydrogen-bond acceptors (Lipinski definition) is 7. The Morgan fingerprint density at radius 3 is 2.67 bits per heavy atom. The molecule has 0 aromatic heterocycles. The summed E-state index contributed by atoms with van der Waals surface area (Å²) >= 11 is 1.54. The highest BCUT2D eigenvalue weighted by molar-refractivity contribution is 7.97. The standard InChI is InChI=1S/C36H53N5O3S/c1-7-18-40-20-13-17-36(40,9-3)26-44-35(37-29(6)41-21-30(23-42)31(24-43)25-45-41)38-32-15-12-19-39(22-32)33-16-11-10-14-28(5)34(33)27(4)8-2/h8,10-11,14-16,23-24,28,30-31H,7,9,12-13,17-22,25-26H2,1-6H3/b27-8-,37-29?,38-35?. The minimum absolute atomic E-state index is 0.0230. The van der Waals surface area contributed by atoms with Crippen molar-refractivity contribution >= 4 is 36.4 Å². The second kappa shape index (κ2) is 16.6. The van der Waals surface area contributed by atoms with Crippen molar-refractivity contribution in [3.63, 3.8) is 0 Å². The third-order valence-corrected chi connectivity index (χ3v) is 11.0. The van der Waals surface area contributed by atoms with Crippen LogP contribution in [0.3, 0.4) is 0 Å². The second-order valence-electron chi connectivity index (χ2n) is 12.7. The van der Waals surface area contributed by atoms with Crippen LogP contribution in [0.5, 0.6) is 0 Å². The van der Waals surface area contributed by atoms with Crippen LogP contribution in [0.15, 0.2) is 69.0 Å². The van der Waals surface area contributed by atoms with E-state index in [1.165, 1.54) is 35.2 Å². The van der Waals surface area contributed by atoms with E-state index < -0.39 is 0 Å². The molecule has 0 aromatic carbocycles. The Balaban J connectivity index is 1.64. The van der Waals surface area contributed by atoms with E-state index in [4.69, 9.17) is 14.7 Å². The summed E-state index contributed by atoms with van der Waals surface area (Å²) in [6.45, 7) is 17.7. The number of rotatable bonds is 10. The van der Waals surface area contributed by atoms with Crippen molar-refractivity contribution in [2.45, 2.75) is 79.2 Å². The van der Waals surface area contributed by atoms with Crippen LogP contribution >= 0.6 is 11.9 Å². The van der Waals surface area contributed by atoms with E-state index in [-0.39, 0.29) is 17.4 Å². The van der Waals surface area contributed by atoms with Gasteiger partial charge in [-0.3, -0.25) is 4.90 Å². The Morgan fingerprint density at radius 1 is 1.16 bits per heavy atom. The number of hydrogen-bond donors (Lipinski definition) is 0. The van der Waals surface area contributed by atoms with E-state index in [2.05, 4.69) is 80.9 Å². The Bertz CT molecular complexity index is 1280. The zero-order valence-electron chi connectivity index (χ0n) is 28.2. The van der Waals surface area contributed by atoms with Gasteiger partial charge in [0.05, 0.1) is 17.8 Å². The van der Waals surface area contributed by atoms with Crippen LogP contribution in [-0.4, -0.2) is 89.2 Å². The molecule has 3 aliphatic heterocycles. The van der Waals surface area contributed by atoms with Gasteiger partial charge in [0.1, 0.15) is 25.0 Å². The quantitative estimate of drug-likeness (QED) is 0.116.